The van der Waals surface area contributed by atoms with Crippen molar-refractivity contribution < 1.29 is 22.0 Å². The molecule has 4 nitrogen and oxygen atoms in total. The van der Waals surface area contributed by atoms with Gasteiger partial charge in [-0.1, -0.05) is 78.9 Å². The highest BCUT2D eigenvalue weighted by molar-refractivity contribution is 6.18. The second-order valence-corrected chi connectivity index (χ2v) is 15.0. The number of furan rings is 2. The van der Waals surface area contributed by atoms with Crippen LogP contribution in [0.25, 0.3) is 65.4 Å². The molecule has 2 heterocycles. The van der Waals surface area contributed by atoms with E-state index in [1.807, 2.05) is 72.8 Å². The van der Waals surface area contributed by atoms with Crippen molar-refractivity contribution in [2.24, 2.45) is 0 Å². The van der Waals surface area contributed by atoms with Gasteiger partial charge < -0.3 is 18.6 Å². The molecule has 0 atom stereocenters. The zero-order valence-electron chi connectivity index (χ0n) is 31.7. The normalized spacial score (nSPS) is 12.1. The first-order chi connectivity index (χ1) is 28.8. The van der Waals surface area contributed by atoms with Crippen LogP contribution in [0.15, 0.2) is 191 Å². The van der Waals surface area contributed by atoms with Gasteiger partial charge in [0, 0.05) is 50.0 Å². The summed E-state index contributed by atoms with van der Waals surface area (Å²) >= 11 is 0. The lowest BCUT2D eigenvalue weighted by molar-refractivity contribution is -0.137. The van der Waals surface area contributed by atoms with E-state index in [1.165, 1.54) is 17.7 Å². The molecule has 0 saturated heterocycles. The Bertz CT molecular complexity index is 3410. The molecule has 0 bridgehead atoms. The molecule has 0 aliphatic carbocycles. The number of hydrogen-bond donors (Lipinski definition) is 0. The number of hydrogen-bond acceptors (Lipinski definition) is 4. The summed E-state index contributed by atoms with van der Waals surface area (Å²) in [7, 11) is 0. The maximum absolute atomic E-state index is 14.3. The van der Waals surface area contributed by atoms with Gasteiger partial charge in [0.1, 0.15) is 22.3 Å². The van der Waals surface area contributed by atoms with E-state index in [4.69, 9.17) is 8.83 Å². The number of nitrogens with zero attached hydrogens (tertiary/aromatic N) is 2. The second-order valence-electron chi connectivity index (χ2n) is 15.0. The number of halogens is 3. The molecule has 7 heteroatoms. The van der Waals surface area contributed by atoms with Crippen LogP contribution in [0.2, 0.25) is 0 Å². The molecule has 0 fully saturated rings. The molecular formula is C52H33F3N2O2. The van der Waals surface area contributed by atoms with Crippen LogP contribution in [0.1, 0.15) is 11.1 Å². The summed E-state index contributed by atoms with van der Waals surface area (Å²) in [6.07, 6.45) is -4.53. The third-order valence-electron chi connectivity index (χ3n) is 11.3. The van der Waals surface area contributed by atoms with Crippen molar-refractivity contribution in [1.29, 1.82) is 0 Å². The van der Waals surface area contributed by atoms with Gasteiger partial charge in [0.2, 0.25) is 0 Å². The van der Waals surface area contributed by atoms with Crippen molar-refractivity contribution in [3.05, 3.63) is 193 Å². The number of benzene rings is 9. The van der Waals surface area contributed by atoms with Gasteiger partial charge in [0.25, 0.3) is 0 Å². The van der Waals surface area contributed by atoms with Gasteiger partial charge in [0.05, 0.1) is 11.3 Å². The van der Waals surface area contributed by atoms with Crippen molar-refractivity contribution in [3.63, 3.8) is 0 Å². The Labute approximate surface area is 336 Å². The van der Waals surface area contributed by atoms with Gasteiger partial charge in [-0.15, -0.1) is 0 Å². The standard InChI is InChI=1S/C52H33F3N2O2/c1-32-12-8-10-18-46(32)56(37-13-4-2-5-14-37)39-22-20-33-26-41-43-30-51-44(31-50(43)58-48(41)28-35(33)24-39)42-27-34-21-23-40(25-36(34)29-49(42)59-51)57(38-15-6-3-7-16-38)47-19-11-9-17-45(47)52(53,54)55/h2-31H,1H3. The summed E-state index contributed by atoms with van der Waals surface area (Å²) in [5.41, 5.74) is 7.94. The van der Waals surface area contributed by atoms with Crippen LogP contribution < -0.4 is 9.80 Å². The fraction of sp³-hybridized carbons (Fsp3) is 0.0385. The minimum absolute atomic E-state index is 0.0507. The smallest absolute Gasteiger partial charge is 0.418 e. The predicted molar refractivity (Wildman–Crippen MR) is 235 cm³/mol. The molecule has 2 aromatic heterocycles. The molecule has 0 unspecified atom stereocenters. The lowest BCUT2D eigenvalue weighted by Gasteiger charge is -2.28. The first kappa shape index (κ1) is 34.7. The Kier molecular flexibility index (Phi) is 7.82. The molecule has 284 valence electrons. The van der Waals surface area contributed by atoms with E-state index >= 15 is 0 Å². The Morgan fingerprint density at radius 3 is 1.31 bits per heavy atom. The number of para-hydroxylation sites is 4. The van der Waals surface area contributed by atoms with Crippen molar-refractivity contribution in [2.75, 3.05) is 9.80 Å². The molecule has 0 amide bonds. The van der Waals surface area contributed by atoms with Crippen LogP contribution in [0.4, 0.5) is 47.3 Å². The van der Waals surface area contributed by atoms with E-state index < -0.39 is 11.7 Å². The first-order valence-electron chi connectivity index (χ1n) is 19.4. The van der Waals surface area contributed by atoms with Gasteiger partial charge >= 0.3 is 6.18 Å². The van der Waals surface area contributed by atoms with Gasteiger partial charge in [-0.2, -0.15) is 13.2 Å². The quantitative estimate of drug-likeness (QED) is 0.168. The Morgan fingerprint density at radius 1 is 0.373 bits per heavy atom. The number of fused-ring (bicyclic) bond motifs is 8. The minimum Gasteiger partial charge on any atom is -0.456 e. The molecule has 0 spiro atoms. The maximum atomic E-state index is 14.3. The van der Waals surface area contributed by atoms with Crippen LogP contribution in [-0.2, 0) is 6.18 Å². The summed E-state index contributed by atoms with van der Waals surface area (Å²) < 4.78 is 56.1. The molecule has 11 rings (SSSR count). The largest absolute Gasteiger partial charge is 0.456 e. The Hall–Kier alpha value is -7.51. The predicted octanol–water partition coefficient (Wildman–Crippen LogP) is 16.1. The minimum atomic E-state index is -4.53. The lowest BCUT2D eigenvalue weighted by Crippen LogP contribution is -2.16. The average molecular weight is 775 g/mol. The summed E-state index contributed by atoms with van der Waals surface area (Å²) in [4.78, 5) is 3.94. The summed E-state index contributed by atoms with van der Waals surface area (Å²) in [6, 6.07) is 58.3. The summed E-state index contributed by atoms with van der Waals surface area (Å²) in [6.45, 7) is 2.13. The number of aryl methyl sites for hydroxylation is 1. The molecule has 0 saturated carbocycles. The molecule has 0 aliphatic rings. The van der Waals surface area contributed by atoms with E-state index in [0.717, 1.165) is 83.0 Å². The zero-order chi connectivity index (χ0) is 39.8. The topological polar surface area (TPSA) is 32.8 Å². The van der Waals surface area contributed by atoms with Crippen LogP contribution in [0.3, 0.4) is 0 Å². The molecule has 0 aliphatic heterocycles. The lowest BCUT2D eigenvalue weighted by atomic mass is 10.0. The molecule has 11 aromatic rings. The maximum Gasteiger partial charge on any atom is 0.418 e. The molecule has 59 heavy (non-hydrogen) atoms. The van der Waals surface area contributed by atoms with Crippen LogP contribution >= 0.6 is 0 Å². The summed E-state index contributed by atoms with van der Waals surface area (Å²) in [5.74, 6) is 0. The van der Waals surface area contributed by atoms with Gasteiger partial charge in [-0.05, 0) is 137 Å². The fourth-order valence-corrected chi connectivity index (χ4v) is 8.51. The summed E-state index contributed by atoms with van der Waals surface area (Å²) in [5, 5.41) is 7.74. The number of alkyl halides is 3. The Balaban J connectivity index is 1.01. The zero-order valence-corrected chi connectivity index (χ0v) is 31.7. The highest BCUT2D eigenvalue weighted by atomic mass is 19.4. The average Bonchev–Trinajstić information content (AvgIpc) is 3.78. The molecule has 0 N–H and O–H groups in total. The highest BCUT2D eigenvalue weighted by Crippen LogP contribution is 2.45. The van der Waals surface area contributed by atoms with E-state index in [9.17, 15) is 13.2 Å². The van der Waals surface area contributed by atoms with Crippen molar-refractivity contribution in [1.82, 2.24) is 0 Å². The van der Waals surface area contributed by atoms with E-state index in [0.29, 0.717) is 17.0 Å². The van der Waals surface area contributed by atoms with Crippen molar-refractivity contribution in [3.8, 4) is 0 Å². The third kappa shape index (κ3) is 5.85. The van der Waals surface area contributed by atoms with Crippen LogP contribution in [0.5, 0.6) is 0 Å². The van der Waals surface area contributed by atoms with Crippen LogP contribution in [-0.4, -0.2) is 0 Å². The highest BCUT2D eigenvalue weighted by Gasteiger charge is 2.35. The first-order valence-corrected chi connectivity index (χ1v) is 19.4. The van der Waals surface area contributed by atoms with Crippen LogP contribution in [0, 0.1) is 6.92 Å². The fourth-order valence-electron chi connectivity index (χ4n) is 8.51. The van der Waals surface area contributed by atoms with Crippen molar-refractivity contribution >= 4 is 99.5 Å². The van der Waals surface area contributed by atoms with E-state index in [1.54, 1.807) is 11.0 Å². The molecule has 0 radical (unpaired) electrons. The van der Waals surface area contributed by atoms with Gasteiger partial charge in [-0.3, -0.25) is 0 Å². The molecule has 9 aromatic carbocycles. The van der Waals surface area contributed by atoms with Gasteiger partial charge in [-0.25, -0.2) is 0 Å². The second kappa shape index (κ2) is 13.3. The van der Waals surface area contributed by atoms with E-state index in [-0.39, 0.29) is 5.69 Å². The van der Waals surface area contributed by atoms with Crippen molar-refractivity contribution in [2.45, 2.75) is 13.1 Å². The number of anilines is 6. The Morgan fingerprint density at radius 2 is 0.797 bits per heavy atom. The van der Waals surface area contributed by atoms with E-state index in [2.05, 4.69) is 96.8 Å². The molecular weight excluding hydrogens is 742 g/mol. The SMILES string of the molecule is Cc1ccccc1N(c1ccccc1)c1ccc2cc3c(cc2c1)oc1cc2c(cc13)oc1cc3cc(N(c4ccccc4)c4ccccc4C(F)(F)F)ccc3cc12. The van der Waals surface area contributed by atoms with Gasteiger partial charge in [0.15, 0.2) is 0 Å². The number of rotatable bonds is 6. The third-order valence-corrected chi connectivity index (χ3v) is 11.3. The monoisotopic (exact) mass is 774 g/mol.